The summed E-state index contributed by atoms with van der Waals surface area (Å²) in [6, 6.07) is 5.92. The summed E-state index contributed by atoms with van der Waals surface area (Å²) in [5.74, 6) is -1.16. The normalized spacial score (nSPS) is 19.6. The zero-order chi connectivity index (χ0) is 14.0. The fourth-order valence-corrected chi connectivity index (χ4v) is 2.03. The molecule has 0 aliphatic carbocycles. The van der Waals surface area contributed by atoms with Gasteiger partial charge in [0, 0.05) is 12.0 Å². The number of nitrogens with two attached hydrogens (primary N) is 2. The van der Waals surface area contributed by atoms with E-state index in [4.69, 9.17) is 11.5 Å². The average Bonchev–Trinajstić information content (AvgIpc) is 2.39. The van der Waals surface area contributed by atoms with Crippen molar-refractivity contribution in [3.05, 3.63) is 35.4 Å². The van der Waals surface area contributed by atoms with Crippen LogP contribution in [0.25, 0.3) is 0 Å². The molecule has 0 aromatic heterocycles. The fourth-order valence-electron chi connectivity index (χ4n) is 2.03. The second kappa shape index (κ2) is 5.19. The third-order valence-corrected chi connectivity index (χ3v) is 3.11. The number of carbonyl (C=O) groups is 3. The van der Waals surface area contributed by atoms with Crippen molar-refractivity contribution in [1.82, 2.24) is 4.90 Å². The predicted molar refractivity (Wildman–Crippen MR) is 67.7 cm³/mol. The number of rotatable bonds is 3. The highest BCUT2D eigenvalue weighted by Crippen LogP contribution is 2.16. The zero-order valence-corrected chi connectivity index (χ0v) is 10.3. The van der Waals surface area contributed by atoms with Crippen LogP contribution in [0.5, 0.6) is 0 Å². The Bertz CT molecular complexity index is 542. The lowest BCUT2D eigenvalue weighted by Gasteiger charge is -2.28. The molecule has 6 heteroatoms. The lowest BCUT2D eigenvalue weighted by atomic mass is 10.0. The molecule has 1 aromatic rings. The number of amides is 3. The van der Waals surface area contributed by atoms with Crippen molar-refractivity contribution in [2.75, 3.05) is 0 Å². The first-order chi connectivity index (χ1) is 8.99. The minimum Gasteiger partial charge on any atom is -0.366 e. The summed E-state index contributed by atoms with van der Waals surface area (Å²) < 4.78 is 0. The van der Waals surface area contributed by atoms with E-state index in [0.29, 0.717) is 17.5 Å². The molecule has 0 bridgehead atoms. The Balaban J connectivity index is 2.20. The maximum absolute atomic E-state index is 11.8. The maximum Gasteiger partial charge on any atom is 0.248 e. The Morgan fingerprint density at radius 1 is 1.37 bits per heavy atom. The molecular formula is C13H15N3O3. The van der Waals surface area contributed by atoms with Crippen LogP contribution in [0, 0.1) is 0 Å². The maximum atomic E-state index is 11.8. The van der Waals surface area contributed by atoms with Crippen molar-refractivity contribution in [3.8, 4) is 0 Å². The summed E-state index contributed by atoms with van der Waals surface area (Å²) in [6.07, 6.45) is 0.651. The highest BCUT2D eigenvalue weighted by atomic mass is 16.2. The molecule has 19 heavy (non-hydrogen) atoms. The van der Waals surface area contributed by atoms with Crippen LogP contribution in [-0.4, -0.2) is 28.7 Å². The Kier molecular flexibility index (Phi) is 3.62. The van der Waals surface area contributed by atoms with Gasteiger partial charge >= 0.3 is 0 Å². The Labute approximate surface area is 110 Å². The molecule has 100 valence electrons. The molecule has 3 amide bonds. The number of imide groups is 1. The van der Waals surface area contributed by atoms with Gasteiger partial charge in [-0.05, 0) is 24.1 Å². The van der Waals surface area contributed by atoms with Crippen molar-refractivity contribution in [3.63, 3.8) is 0 Å². The van der Waals surface area contributed by atoms with Crippen LogP contribution >= 0.6 is 0 Å². The summed E-state index contributed by atoms with van der Waals surface area (Å²) in [7, 11) is 0. The molecule has 1 fully saturated rings. The van der Waals surface area contributed by atoms with E-state index in [0.717, 1.165) is 4.90 Å². The summed E-state index contributed by atoms with van der Waals surface area (Å²) in [5.41, 5.74) is 11.9. The van der Waals surface area contributed by atoms with Crippen LogP contribution < -0.4 is 11.5 Å². The second-order valence-corrected chi connectivity index (χ2v) is 4.53. The minimum atomic E-state index is -0.628. The summed E-state index contributed by atoms with van der Waals surface area (Å²) >= 11 is 0. The van der Waals surface area contributed by atoms with Gasteiger partial charge in [0.1, 0.15) is 0 Å². The largest absolute Gasteiger partial charge is 0.366 e. The van der Waals surface area contributed by atoms with Crippen LogP contribution in [0.15, 0.2) is 24.3 Å². The van der Waals surface area contributed by atoms with Gasteiger partial charge in [0.15, 0.2) is 0 Å². The molecule has 0 saturated carbocycles. The molecule has 1 unspecified atom stereocenters. The monoisotopic (exact) mass is 261 g/mol. The van der Waals surface area contributed by atoms with Crippen LogP contribution in [0.4, 0.5) is 0 Å². The van der Waals surface area contributed by atoms with Gasteiger partial charge in [-0.15, -0.1) is 0 Å². The number of hydrogen-bond acceptors (Lipinski definition) is 4. The highest BCUT2D eigenvalue weighted by molar-refractivity contribution is 6.00. The van der Waals surface area contributed by atoms with Gasteiger partial charge in [0.2, 0.25) is 17.7 Å². The molecule has 1 heterocycles. The van der Waals surface area contributed by atoms with Crippen molar-refractivity contribution < 1.29 is 14.4 Å². The average molecular weight is 261 g/mol. The van der Waals surface area contributed by atoms with Crippen molar-refractivity contribution in [2.24, 2.45) is 11.5 Å². The van der Waals surface area contributed by atoms with E-state index in [1.165, 1.54) is 0 Å². The van der Waals surface area contributed by atoms with Crippen molar-refractivity contribution >= 4 is 17.7 Å². The first-order valence-corrected chi connectivity index (χ1v) is 5.97. The standard InChI is InChI=1S/C13H15N3O3/c14-10-4-5-11(17)16(13(10)19)7-8-2-1-3-9(6-8)12(15)18/h1-3,6,10H,4-5,7,14H2,(H2,15,18). The number of carbonyl (C=O) groups excluding carboxylic acids is 3. The van der Waals surface area contributed by atoms with Gasteiger partial charge in [0.25, 0.3) is 0 Å². The number of piperidine rings is 1. The van der Waals surface area contributed by atoms with E-state index in [9.17, 15) is 14.4 Å². The molecule has 0 radical (unpaired) electrons. The van der Waals surface area contributed by atoms with E-state index in [1.807, 2.05) is 0 Å². The smallest absolute Gasteiger partial charge is 0.248 e. The van der Waals surface area contributed by atoms with Crippen molar-refractivity contribution in [1.29, 1.82) is 0 Å². The van der Waals surface area contributed by atoms with Crippen molar-refractivity contribution in [2.45, 2.75) is 25.4 Å². The molecule has 1 aromatic carbocycles. The molecular weight excluding hydrogens is 246 g/mol. The topological polar surface area (TPSA) is 106 Å². The first-order valence-electron chi connectivity index (χ1n) is 5.97. The van der Waals surface area contributed by atoms with Gasteiger partial charge in [-0.25, -0.2) is 0 Å². The van der Waals surface area contributed by atoms with E-state index < -0.39 is 11.9 Å². The number of primary amides is 1. The molecule has 4 N–H and O–H groups in total. The quantitative estimate of drug-likeness (QED) is 0.732. The Hall–Kier alpha value is -2.21. The van der Waals surface area contributed by atoms with Crippen LogP contribution in [-0.2, 0) is 16.1 Å². The molecule has 0 spiro atoms. The second-order valence-electron chi connectivity index (χ2n) is 4.53. The highest BCUT2D eigenvalue weighted by Gasteiger charge is 2.31. The first kappa shape index (κ1) is 13.2. The van der Waals surface area contributed by atoms with Gasteiger partial charge in [0.05, 0.1) is 12.6 Å². The van der Waals surface area contributed by atoms with E-state index in [2.05, 4.69) is 0 Å². The van der Waals surface area contributed by atoms with Gasteiger partial charge in [-0.3, -0.25) is 19.3 Å². The lowest BCUT2D eigenvalue weighted by Crippen LogP contribution is -2.50. The lowest BCUT2D eigenvalue weighted by molar-refractivity contribution is -0.149. The van der Waals surface area contributed by atoms with E-state index >= 15 is 0 Å². The predicted octanol–water partition coefficient (Wildman–Crippen LogP) is -0.238. The fraction of sp³-hybridized carbons (Fsp3) is 0.308. The van der Waals surface area contributed by atoms with Crippen LogP contribution in [0.1, 0.15) is 28.8 Å². The van der Waals surface area contributed by atoms with E-state index in [1.54, 1.807) is 24.3 Å². The molecule has 2 rings (SSSR count). The molecule has 1 saturated heterocycles. The van der Waals surface area contributed by atoms with Gasteiger partial charge in [-0.2, -0.15) is 0 Å². The molecule has 1 atom stereocenters. The Morgan fingerprint density at radius 3 is 2.79 bits per heavy atom. The van der Waals surface area contributed by atoms with Crippen LogP contribution in [0.3, 0.4) is 0 Å². The number of benzene rings is 1. The summed E-state index contributed by atoms with van der Waals surface area (Å²) in [4.78, 5) is 35.8. The third kappa shape index (κ3) is 2.79. The minimum absolute atomic E-state index is 0.118. The number of likely N-dealkylation sites (tertiary alicyclic amines) is 1. The Morgan fingerprint density at radius 2 is 2.11 bits per heavy atom. The third-order valence-electron chi connectivity index (χ3n) is 3.11. The van der Waals surface area contributed by atoms with Gasteiger partial charge in [-0.1, -0.05) is 12.1 Å². The van der Waals surface area contributed by atoms with Gasteiger partial charge < -0.3 is 11.5 Å². The summed E-state index contributed by atoms with van der Waals surface area (Å²) in [6.45, 7) is 0.118. The number of hydrogen-bond donors (Lipinski definition) is 2. The van der Waals surface area contributed by atoms with E-state index in [-0.39, 0.29) is 24.8 Å². The SMILES string of the molecule is NC(=O)c1cccc(CN2C(=O)CCC(N)C2=O)c1. The zero-order valence-electron chi connectivity index (χ0n) is 10.3. The molecule has 6 nitrogen and oxygen atoms in total. The van der Waals surface area contributed by atoms with Crippen LogP contribution in [0.2, 0.25) is 0 Å². The molecule has 1 aliphatic heterocycles. The molecule has 1 aliphatic rings. The number of nitrogens with zero attached hydrogens (tertiary/aromatic N) is 1. The summed E-state index contributed by atoms with van der Waals surface area (Å²) in [5, 5.41) is 0.